The van der Waals surface area contributed by atoms with Crippen molar-refractivity contribution in [2.45, 2.75) is 0 Å². The smallest absolute Gasteiger partial charge is 0.139 e. The van der Waals surface area contributed by atoms with Crippen molar-refractivity contribution in [3.05, 3.63) is 60.8 Å². The standard InChI is InChI=1S/C23H24N4O2/c28-19-9-8-17-5-1-2-6-18(17)21(19)22-23(27-11-4-3-7-20(27)25-22)24-10-12-26-13-15-29-16-14-26/h1-9,11,24,28H,10,12-16H2. The third-order valence-electron chi connectivity index (χ3n) is 5.50. The van der Waals surface area contributed by atoms with Crippen molar-refractivity contribution in [1.82, 2.24) is 14.3 Å². The number of pyridine rings is 1. The molecule has 6 heteroatoms. The third kappa shape index (κ3) is 3.41. The van der Waals surface area contributed by atoms with E-state index in [4.69, 9.17) is 9.72 Å². The predicted octanol–water partition coefficient (Wildman–Crippen LogP) is 3.60. The topological polar surface area (TPSA) is 62.0 Å². The molecule has 1 aliphatic heterocycles. The molecule has 0 radical (unpaired) electrons. The van der Waals surface area contributed by atoms with E-state index in [1.54, 1.807) is 6.07 Å². The van der Waals surface area contributed by atoms with Gasteiger partial charge in [-0.25, -0.2) is 4.98 Å². The SMILES string of the molecule is Oc1ccc2ccccc2c1-c1nc2ccccn2c1NCCN1CCOCC1. The number of aromatic nitrogens is 2. The molecule has 5 rings (SSSR count). The van der Waals surface area contributed by atoms with Crippen molar-refractivity contribution in [2.75, 3.05) is 44.7 Å². The highest BCUT2D eigenvalue weighted by Crippen LogP contribution is 2.39. The number of nitrogens with zero attached hydrogens (tertiary/aromatic N) is 3. The Morgan fingerprint density at radius 3 is 2.72 bits per heavy atom. The molecule has 0 aliphatic carbocycles. The fourth-order valence-electron chi connectivity index (χ4n) is 4.01. The summed E-state index contributed by atoms with van der Waals surface area (Å²) in [7, 11) is 0. The Hall–Kier alpha value is -3.09. The van der Waals surface area contributed by atoms with E-state index >= 15 is 0 Å². The minimum Gasteiger partial charge on any atom is -0.507 e. The van der Waals surface area contributed by atoms with E-state index in [0.717, 1.165) is 72.9 Å². The van der Waals surface area contributed by atoms with Gasteiger partial charge in [-0.3, -0.25) is 9.30 Å². The Labute approximate surface area is 169 Å². The molecule has 2 N–H and O–H groups in total. The lowest BCUT2D eigenvalue weighted by Gasteiger charge is -2.26. The first-order valence-corrected chi connectivity index (χ1v) is 10.0. The predicted molar refractivity (Wildman–Crippen MR) is 116 cm³/mol. The van der Waals surface area contributed by atoms with Crippen LogP contribution in [0.1, 0.15) is 0 Å². The van der Waals surface area contributed by atoms with Gasteiger partial charge in [-0.1, -0.05) is 36.4 Å². The van der Waals surface area contributed by atoms with Gasteiger partial charge in [0.05, 0.1) is 18.8 Å². The van der Waals surface area contributed by atoms with Gasteiger partial charge in [0.1, 0.15) is 22.9 Å². The number of morpholine rings is 1. The fraction of sp³-hybridized carbons (Fsp3) is 0.261. The second-order valence-corrected chi connectivity index (χ2v) is 7.30. The summed E-state index contributed by atoms with van der Waals surface area (Å²) in [5.74, 6) is 1.14. The summed E-state index contributed by atoms with van der Waals surface area (Å²) in [6.07, 6.45) is 2.01. The second kappa shape index (κ2) is 7.73. The molecule has 0 unspecified atom stereocenters. The Morgan fingerprint density at radius 1 is 1.00 bits per heavy atom. The van der Waals surface area contributed by atoms with Crippen molar-refractivity contribution in [3.8, 4) is 17.0 Å². The van der Waals surface area contributed by atoms with Crippen molar-refractivity contribution >= 4 is 22.2 Å². The van der Waals surface area contributed by atoms with Crippen LogP contribution in [-0.4, -0.2) is 58.8 Å². The Bertz CT molecular complexity index is 1150. The molecule has 1 saturated heterocycles. The number of ether oxygens (including phenoxy) is 1. The van der Waals surface area contributed by atoms with E-state index in [0.29, 0.717) is 0 Å². The average Bonchev–Trinajstić information content (AvgIpc) is 3.12. The van der Waals surface area contributed by atoms with Gasteiger partial charge >= 0.3 is 0 Å². The summed E-state index contributed by atoms with van der Waals surface area (Å²) >= 11 is 0. The molecule has 2 aromatic carbocycles. The van der Waals surface area contributed by atoms with Gasteiger partial charge < -0.3 is 15.2 Å². The summed E-state index contributed by atoms with van der Waals surface area (Å²) in [6, 6.07) is 17.7. The molecule has 1 aliphatic rings. The molecule has 148 valence electrons. The summed E-state index contributed by atoms with van der Waals surface area (Å²) in [6.45, 7) is 5.25. The highest BCUT2D eigenvalue weighted by molar-refractivity contribution is 6.01. The molecular formula is C23H24N4O2. The molecule has 1 fully saturated rings. The number of rotatable bonds is 5. The quantitative estimate of drug-likeness (QED) is 0.547. The van der Waals surface area contributed by atoms with Crippen LogP contribution in [0.2, 0.25) is 0 Å². The lowest BCUT2D eigenvalue weighted by molar-refractivity contribution is 0.0398. The van der Waals surface area contributed by atoms with Gasteiger partial charge in [-0.05, 0) is 29.0 Å². The molecule has 6 nitrogen and oxygen atoms in total. The van der Waals surface area contributed by atoms with Gasteiger partial charge in [0.2, 0.25) is 0 Å². The molecule has 0 bridgehead atoms. The number of imidazole rings is 1. The van der Waals surface area contributed by atoms with Crippen molar-refractivity contribution in [1.29, 1.82) is 0 Å². The Balaban J connectivity index is 1.56. The number of aromatic hydroxyl groups is 1. The zero-order valence-electron chi connectivity index (χ0n) is 16.2. The number of fused-ring (bicyclic) bond motifs is 2. The number of phenols is 1. The molecular weight excluding hydrogens is 364 g/mol. The monoisotopic (exact) mass is 388 g/mol. The van der Waals surface area contributed by atoms with Crippen LogP contribution < -0.4 is 5.32 Å². The molecule has 0 spiro atoms. The number of hydrogen-bond donors (Lipinski definition) is 2. The number of benzene rings is 2. The Morgan fingerprint density at radius 2 is 1.83 bits per heavy atom. The maximum atomic E-state index is 10.7. The molecule has 3 heterocycles. The summed E-state index contributed by atoms with van der Waals surface area (Å²) in [4.78, 5) is 7.26. The molecule has 4 aromatic rings. The van der Waals surface area contributed by atoms with Gasteiger partial charge in [-0.2, -0.15) is 0 Å². The number of phenolic OH excluding ortho intramolecular Hbond substituents is 1. The lowest BCUT2D eigenvalue weighted by atomic mass is 10.0. The average molecular weight is 388 g/mol. The van der Waals surface area contributed by atoms with Crippen LogP contribution in [0.5, 0.6) is 5.75 Å². The third-order valence-corrected chi connectivity index (χ3v) is 5.50. The summed E-state index contributed by atoms with van der Waals surface area (Å²) in [5.41, 5.74) is 2.39. The minimum absolute atomic E-state index is 0.239. The number of nitrogens with one attached hydrogen (secondary N) is 1. The zero-order valence-corrected chi connectivity index (χ0v) is 16.2. The van der Waals surface area contributed by atoms with Gasteiger partial charge in [0, 0.05) is 32.4 Å². The summed E-state index contributed by atoms with van der Waals surface area (Å²) in [5, 5.41) is 16.4. The minimum atomic E-state index is 0.239. The number of hydrogen-bond acceptors (Lipinski definition) is 5. The van der Waals surface area contributed by atoms with Gasteiger partial charge in [-0.15, -0.1) is 0 Å². The summed E-state index contributed by atoms with van der Waals surface area (Å²) < 4.78 is 7.49. The highest BCUT2D eigenvalue weighted by Gasteiger charge is 2.19. The van der Waals surface area contributed by atoms with E-state index in [2.05, 4.69) is 20.7 Å². The van der Waals surface area contributed by atoms with E-state index in [-0.39, 0.29) is 5.75 Å². The second-order valence-electron chi connectivity index (χ2n) is 7.30. The van der Waals surface area contributed by atoms with Crippen molar-refractivity contribution in [3.63, 3.8) is 0 Å². The fourth-order valence-corrected chi connectivity index (χ4v) is 4.01. The van der Waals surface area contributed by atoms with Gasteiger partial charge in [0.25, 0.3) is 0 Å². The molecule has 0 saturated carbocycles. The van der Waals surface area contributed by atoms with Crippen LogP contribution in [0.15, 0.2) is 60.8 Å². The van der Waals surface area contributed by atoms with Crippen LogP contribution in [0.4, 0.5) is 5.82 Å². The van der Waals surface area contributed by atoms with Crippen LogP contribution in [0, 0.1) is 0 Å². The van der Waals surface area contributed by atoms with Crippen LogP contribution in [0.25, 0.3) is 27.7 Å². The van der Waals surface area contributed by atoms with E-state index in [1.165, 1.54) is 0 Å². The Kier molecular flexibility index (Phi) is 4.79. The first kappa shape index (κ1) is 18.0. The van der Waals surface area contributed by atoms with Gasteiger partial charge in [0.15, 0.2) is 0 Å². The maximum absolute atomic E-state index is 10.7. The van der Waals surface area contributed by atoms with Crippen LogP contribution >= 0.6 is 0 Å². The van der Waals surface area contributed by atoms with Crippen molar-refractivity contribution < 1.29 is 9.84 Å². The van der Waals surface area contributed by atoms with Crippen LogP contribution in [-0.2, 0) is 4.74 Å². The van der Waals surface area contributed by atoms with E-state index in [9.17, 15) is 5.11 Å². The first-order valence-electron chi connectivity index (χ1n) is 10.0. The van der Waals surface area contributed by atoms with Crippen LogP contribution in [0.3, 0.4) is 0 Å². The van der Waals surface area contributed by atoms with E-state index in [1.807, 2.05) is 48.7 Å². The molecule has 2 aromatic heterocycles. The largest absolute Gasteiger partial charge is 0.507 e. The normalized spacial score (nSPS) is 15.2. The highest BCUT2D eigenvalue weighted by atomic mass is 16.5. The zero-order chi connectivity index (χ0) is 19.6. The van der Waals surface area contributed by atoms with E-state index < -0.39 is 0 Å². The molecule has 0 amide bonds. The maximum Gasteiger partial charge on any atom is 0.139 e. The van der Waals surface area contributed by atoms with Crippen molar-refractivity contribution in [2.24, 2.45) is 0 Å². The lowest BCUT2D eigenvalue weighted by Crippen LogP contribution is -2.39. The number of anilines is 1. The first-order chi connectivity index (χ1) is 14.3. The molecule has 29 heavy (non-hydrogen) atoms. The molecule has 0 atom stereocenters.